The van der Waals surface area contributed by atoms with Crippen LogP contribution in [-0.2, 0) is 13.2 Å². The summed E-state index contributed by atoms with van der Waals surface area (Å²) in [5.74, 6) is 1.97. The third kappa shape index (κ3) is 6.44. The van der Waals surface area contributed by atoms with E-state index in [1.165, 1.54) is 0 Å². The molecule has 0 aliphatic carbocycles. The monoisotopic (exact) mass is 478 g/mol. The van der Waals surface area contributed by atoms with E-state index < -0.39 is 0 Å². The molecule has 162 valence electrons. The predicted molar refractivity (Wildman–Crippen MR) is 126 cm³/mol. The lowest BCUT2D eigenvalue weighted by Gasteiger charge is -2.11. The Bertz CT molecular complexity index is 1070. The van der Waals surface area contributed by atoms with Crippen LogP contribution in [0.5, 0.6) is 17.2 Å². The zero-order valence-electron chi connectivity index (χ0n) is 17.0. The molecule has 0 radical (unpaired) electrons. The Morgan fingerprint density at radius 1 is 0.839 bits per heavy atom. The van der Waals surface area contributed by atoms with Gasteiger partial charge in [-0.1, -0.05) is 46.9 Å². The number of benzene rings is 3. The third-order valence-electron chi connectivity index (χ3n) is 4.40. The van der Waals surface area contributed by atoms with Crippen molar-refractivity contribution in [1.82, 2.24) is 5.43 Å². The van der Waals surface area contributed by atoms with Crippen molar-refractivity contribution in [3.63, 3.8) is 0 Å². The van der Waals surface area contributed by atoms with E-state index in [0.29, 0.717) is 38.9 Å². The van der Waals surface area contributed by atoms with E-state index in [1.807, 2.05) is 24.3 Å². The summed E-state index contributed by atoms with van der Waals surface area (Å²) in [4.78, 5) is 0. The number of hydrogen-bond acceptors (Lipinski definition) is 5. The Morgan fingerprint density at radius 2 is 1.55 bits per heavy atom. The van der Waals surface area contributed by atoms with Crippen molar-refractivity contribution in [1.29, 1.82) is 0 Å². The Kier molecular flexibility index (Phi) is 8.29. The molecule has 1 N–H and O–H groups in total. The first-order chi connectivity index (χ1) is 15.0. The Balaban J connectivity index is 1.65. The molecule has 31 heavy (non-hydrogen) atoms. The molecular weight excluding hydrogens is 459 g/mol. The fourth-order valence-corrected chi connectivity index (χ4v) is 3.43. The molecule has 0 bridgehead atoms. The minimum atomic E-state index is 0.289. The molecule has 5 nitrogen and oxygen atoms in total. The van der Waals surface area contributed by atoms with Gasteiger partial charge >= 0.3 is 0 Å². The van der Waals surface area contributed by atoms with Gasteiger partial charge in [0.25, 0.3) is 0 Å². The van der Waals surface area contributed by atoms with Crippen molar-refractivity contribution in [3.05, 3.63) is 86.4 Å². The lowest BCUT2D eigenvalue weighted by Crippen LogP contribution is -2.06. The molecule has 0 aliphatic rings. The van der Waals surface area contributed by atoms with Gasteiger partial charge in [-0.05, 0) is 48.0 Å². The van der Waals surface area contributed by atoms with E-state index >= 15 is 0 Å². The number of nitrogens with zero attached hydrogens (tertiary/aromatic N) is 1. The number of nitrogens with one attached hydrogen (secondary N) is 1. The third-order valence-corrected chi connectivity index (χ3v) is 5.22. The maximum absolute atomic E-state index is 6.22. The van der Waals surface area contributed by atoms with Crippen LogP contribution < -0.4 is 19.6 Å². The van der Waals surface area contributed by atoms with E-state index in [4.69, 9.17) is 49.0 Å². The van der Waals surface area contributed by atoms with Crippen LogP contribution >= 0.6 is 34.8 Å². The van der Waals surface area contributed by atoms with Gasteiger partial charge in [0, 0.05) is 26.2 Å². The standard InChI is InChI=1S/C23H21Cl3N2O3/c1-29-22-7-3-15(9-23(22)30-2)12-27-28-13-17-10-18(24)6-8-21(17)31-14-16-4-5-19(25)11-20(16)26/h3-11,13,27H,12,14H2,1-2H3/b28-13+. The average molecular weight is 480 g/mol. The first-order valence-corrected chi connectivity index (χ1v) is 10.5. The molecule has 0 aliphatic heterocycles. The van der Waals surface area contributed by atoms with Gasteiger partial charge in [-0.3, -0.25) is 0 Å². The van der Waals surface area contributed by atoms with E-state index in [-0.39, 0.29) is 6.61 Å². The predicted octanol–water partition coefficient (Wildman–Crippen LogP) is 6.37. The van der Waals surface area contributed by atoms with E-state index in [9.17, 15) is 0 Å². The van der Waals surface area contributed by atoms with Crippen LogP contribution in [0.25, 0.3) is 0 Å². The lowest BCUT2D eigenvalue weighted by molar-refractivity contribution is 0.306. The fraction of sp³-hybridized carbons (Fsp3) is 0.174. The van der Waals surface area contributed by atoms with Crippen molar-refractivity contribution in [2.24, 2.45) is 5.10 Å². The second kappa shape index (κ2) is 11.1. The Labute approximate surface area is 196 Å². The van der Waals surface area contributed by atoms with Crippen molar-refractivity contribution >= 4 is 41.0 Å². The molecule has 0 fully saturated rings. The molecule has 0 unspecified atom stereocenters. The highest BCUT2D eigenvalue weighted by molar-refractivity contribution is 6.35. The van der Waals surface area contributed by atoms with Crippen LogP contribution in [0.1, 0.15) is 16.7 Å². The smallest absolute Gasteiger partial charge is 0.161 e. The topological polar surface area (TPSA) is 52.1 Å². The molecule has 3 aromatic carbocycles. The Morgan fingerprint density at radius 3 is 2.29 bits per heavy atom. The van der Waals surface area contributed by atoms with Crippen molar-refractivity contribution in [3.8, 4) is 17.2 Å². The van der Waals surface area contributed by atoms with E-state index in [2.05, 4.69) is 10.5 Å². The van der Waals surface area contributed by atoms with Gasteiger partial charge < -0.3 is 19.6 Å². The first-order valence-electron chi connectivity index (χ1n) is 9.33. The van der Waals surface area contributed by atoms with Crippen LogP contribution in [0.2, 0.25) is 15.1 Å². The number of methoxy groups -OCH3 is 2. The molecule has 3 aromatic rings. The summed E-state index contributed by atoms with van der Waals surface area (Å²) in [6.07, 6.45) is 1.66. The van der Waals surface area contributed by atoms with Crippen molar-refractivity contribution in [2.45, 2.75) is 13.2 Å². The molecule has 0 aromatic heterocycles. The number of rotatable bonds is 9. The molecule has 3 rings (SSSR count). The van der Waals surface area contributed by atoms with Gasteiger partial charge in [-0.15, -0.1) is 0 Å². The van der Waals surface area contributed by atoms with Gasteiger partial charge in [0.2, 0.25) is 0 Å². The molecule has 0 amide bonds. The highest BCUT2D eigenvalue weighted by Crippen LogP contribution is 2.28. The van der Waals surface area contributed by atoms with Gasteiger partial charge in [-0.2, -0.15) is 5.10 Å². The van der Waals surface area contributed by atoms with Crippen LogP contribution in [0.4, 0.5) is 0 Å². The number of hydrogen-bond donors (Lipinski definition) is 1. The van der Waals surface area contributed by atoms with Crippen LogP contribution in [0.3, 0.4) is 0 Å². The maximum atomic E-state index is 6.22. The molecular formula is C23H21Cl3N2O3. The minimum Gasteiger partial charge on any atom is -0.493 e. The lowest BCUT2D eigenvalue weighted by atomic mass is 10.2. The largest absolute Gasteiger partial charge is 0.493 e. The molecule has 0 atom stereocenters. The van der Waals surface area contributed by atoms with E-state index in [0.717, 1.165) is 16.7 Å². The van der Waals surface area contributed by atoms with Crippen LogP contribution in [0, 0.1) is 0 Å². The number of halogens is 3. The molecule has 0 saturated heterocycles. The first kappa shape index (κ1) is 23.1. The van der Waals surface area contributed by atoms with Gasteiger partial charge in [-0.25, -0.2) is 0 Å². The van der Waals surface area contributed by atoms with Gasteiger partial charge in [0.05, 0.1) is 27.0 Å². The zero-order valence-corrected chi connectivity index (χ0v) is 19.3. The minimum absolute atomic E-state index is 0.289. The summed E-state index contributed by atoms with van der Waals surface area (Å²) in [5.41, 5.74) is 5.57. The van der Waals surface area contributed by atoms with Crippen molar-refractivity contribution in [2.75, 3.05) is 14.2 Å². The maximum Gasteiger partial charge on any atom is 0.161 e. The molecule has 8 heteroatoms. The second-order valence-electron chi connectivity index (χ2n) is 6.49. The fourth-order valence-electron chi connectivity index (χ4n) is 2.79. The summed E-state index contributed by atoms with van der Waals surface area (Å²) in [7, 11) is 3.21. The normalized spacial score (nSPS) is 10.9. The van der Waals surface area contributed by atoms with Gasteiger partial charge in [0.1, 0.15) is 12.4 Å². The molecule has 0 saturated carbocycles. The average Bonchev–Trinajstić information content (AvgIpc) is 2.77. The quantitative estimate of drug-likeness (QED) is 0.286. The van der Waals surface area contributed by atoms with Crippen LogP contribution in [-0.4, -0.2) is 20.4 Å². The zero-order chi connectivity index (χ0) is 22.2. The summed E-state index contributed by atoms with van der Waals surface area (Å²) in [6, 6.07) is 16.3. The van der Waals surface area contributed by atoms with Crippen molar-refractivity contribution < 1.29 is 14.2 Å². The Hall–Kier alpha value is -2.60. The summed E-state index contributed by atoms with van der Waals surface area (Å²) in [5, 5.41) is 6.00. The summed E-state index contributed by atoms with van der Waals surface area (Å²) in [6.45, 7) is 0.797. The second-order valence-corrected chi connectivity index (χ2v) is 7.77. The number of hydrazone groups is 1. The SMILES string of the molecule is COc1ccc(CN/N=C/c2cc(Cl)ccc2OCc2ccc(Cl)cc2Cl)cc1OC. The summed E-state index contributed by atoms with van der Waals surface area (Å²) < 4.78 is 16.5. The van der Waals surface area contributed by atoms with Crippen LogP contribution in [0.15, 0.2) is 59.7 Å². The van der Waals surface area contributed by atoms with E-state index in [1.54, 1.807) is 50.8 Å². The highest BCUT2D eigenvalue weighted by Gasteiger charge is 2.07. The number of ether oxygens (including phenoxy) is 3. The summed E-state index contributed by atoms with van der Waals surface area (Å²) >= 11 is 18.3. The molecule has 0 heterocycles. The van der Waals surface area contributed by atoms with Gasteiger partial charge in [0.15, 0.2) is 11.5 Å². The highest BCUT2D eigenvalue weighted by atomic mass is 35.5. The molecule has 0 spiro atoms.